The normalized spacial score (nSPS) is 17.7. The van der Waals surface area contributed by atoms with E-state index in [4.69, 9.17) is 14.4 Å². The minimum absolute atomic E-state index is 0.118. The summed E-state index contributed by atoms with van der Waals surface area (Å²) in [5.41, 5.74) is -0.367. The van der Waals surface area contributed by atoms with Crippen LogP contribution in [0, 0.1) is 0 Å². The van der Waals surface area contributed by atoms with Crippen LogP contribution >= 0.6 is 0 Å². The van der Waals surface area contributed by atoms with Gasteiger partial charge in [0.25, 0.3) is 0 Å². The van der Waals surface area contributed by atoms with Crippen LogP contribution in [0.5, 0.6) is 0 Å². The topological polar surface area (TPSA) is 85.5 Å². The number of carbonyl (C=O) groups is 1. The number of aromatic nitrogens is 2. The molecule has 0 amide bonds. The van der Waals surface area contributed by atoms with Gasteiger partial charge in [0.05, 0.1) is 0 Å². The Labute approximate surface area is 99.0 Å². The molecule has 1 aliphatic rings. The van der Waals surface area contributed by atoms with Crippen molar-refractivity contribution in [2.45, 2.75) is 44.1 Å². The van der Waals surface area contributed by atoms with E-state index in [1.165, 1.54) is 0 Å². The molecule has 0 unspecified atom stereocenters. The van der Waals surface area contributed by atoms with Gasteiger partial charge < -0.3 is 14.4 Å². The highest BCUT2D eigenvalue weighted by molar-refractivity contribution is 5.66. The fraction of sp³-hybridized carbons (Fsp3) is 0.727. The van der Waals surface area contributed by atoms with Crippen molar-refractivity contribution in [2.24, 2.45) is 0 Å². The third-order valence-corrected chi connectivity index (χ3v) is 3.21. The number of hydrogen-bond acceptors (Lipinski definition) is 5. The summed E-state index contributed by atoms with van der Waals surface area (Å²) in [5.74, 6) is 0.276. The molecule has 6 heteroatoms. The highest BCUT2D eigenvalue weighted by Crippen LogP contribution is 2.42. The summed E-state index contributed by atoms with van der Waals surface area (Å²) >= 11 is 0. The largest absolute Gasteiger partial charge is 0.481 e. The Morgan fingerprint density at radius 1 is 1.59 bits per heavy atom. The van der Waals surface area contributed by atoms with Gasteiger partial charge in [-0.15, -0.1) is 0 Å². The van der Waals surface area contributed by atoms with E-state index in [1.54, 1.807) is 7.11 Å². The second-order valence-electron chi connectivity index (χ2n) is 4.31. The lowest BCUT2D eigenvalue weighted by atomic mass is 9.79. The molecule has 1 aromatic rings. The van der Waals surface area contributed by atoms with Crippen molar-refractivity contribution < 1.29 is 19.2 Å². The van der Waals surface area contributed by atoms with E-state index in [-0.39, 0.29) is 12.0 Å². The van der Waals surface area contributed by atoms with Gasteiger partial charge in [0.1, 0.15) is 5.60 Å². The lowest BCUT2D eigenvalue weighted by Crippen LogP contribution is -2.37. The van der Waals surface area contributed by atoms with Crippen LogP contribution < -0.4 is 0 Å². The van der Waals surface area contributed by atoms with Gasteiger partial charge in [-0.05, 0) is 25.7 Å². The Hall–Kier alpha value is -1.43. The third kappa shape index (κ3) is 2.46. The lowest BCUT2D eigenvalue weighted by molar-refractivity contribution is -0.137. The Morgan fingerprint density at radius 2 is 2.35 bits per heavy atom. The average Bonchev–Trinajstić information content (AvgIpc) is 2.66. The van der Waals surface area contributed by atoms with Crippen LogP contribution in [0.2, 0.25) is 0 Å². The SMILES string of the molecule is COC1(c2noc(CCCC(=O)O)n2)CCC1. The van der Waals surface area contributed by atoms with Crippen LogP contribution in [0.1, 0.15) is 43.8 Å². The first-order chi connectivity index (χ1) is 8.16. The van der Waals surface area contributed by atoms with E-state index in [9.17, 15) is 4.79 Å². The summed E-state index contributed by atoms with van der Waals surface area (Å²) in [6, 6.07) is 0. The van der Waals surface area contributed by atoms with Gasteiger partial charge in [0.2, 0.25) is 11.7 Å². The highest BCUT2D eigenvalue weighted by atomic mass is 16.5. The van der Waals surface area contributed by atoms with Crippen LogP contribution in [0.15, 0.2) is 4.52 Å². The standard InChI is InChI=1S/C11H16N2O4/c1-16-11(6-3-7-11)10-12-8(17-13-10)4-2-5-9(14)15/h2-7H2,1H3,(H,14,15). The van der Waals surface area contributed by atoms with Crippen LogP contribution in [-0.4, -0.2) is 28.3 Å². The van der Waals surface area contributed by atoms with E-state index in [0.29, 0.717) is 24.6 Å². The molecular weight excluding hydrogens is 224 g/mol. The maximum absolute atomic E-state index is 10.4. The van der Waals surface area contributed by atoms with Crippen LogP contribution in [0.3, 0.4) is 0 Å². The summed E-state index contributed by atoms with van der Waals surface area (Å²) in [7, 11) is 1.65. The molecule has 0 atom stereocenters. The second kappa shape index (κ2) is 4.83. The molecule has 1 saturated carbocycles. The molecule has 1 heterocycles. The van der Waals surface area contributed by atoms with Crippen molar-refractivity contribution in [1.82, 2.24) is 10.1 Å². The van der Waals surface area contributed by atoms with Crippen molar-refractivity contribution >= 4 is 5.97 Å². The number of carboxylic acid groups (broad SMARTS) is 1. The van der Waals surface area contributed by atoms with E-state index in [1.807, 2.05) is 0 Å². The number of carboxylic acids is 1. The van der Waals surface area contributed by atoms with E-state index < -0.39 is 5.97 Å². The molecule has 1 aromatic heterocycles. The van der Waals surface area contributed by atoms with E-state index >= 15 is 0 Å². The molecule has 2 rings (SSSR count). The average molecular weight is 240 g/mol. The van der Waals surface area contributed by atoms with Gasteiger partial charge in [-0.25, -0.2) is 0 Å². The number of aryl methyl sites for hydroxylation is 1. The highest BCUT2D eigenvalue weighted by Gasteiger charge is 2.43. The Morgan fingerprint density at radius 3 is 2.88 bits per heavy atom. The molecule has 0 radical (unpaired) electrons. The maximum Gasteiger partial charge on any atom is 0.303 e. The summed E-state index contributed by atoms with van der Waals surface area (Å²) in [5, 5.41) is 12.4. The molecule has 94 valence electrons. The zero-order valence-electron chi connectivity index (χ0n) is 9.81. The molecule has 0 spiro atoms. The molecule has 1 aliphatic carbocycles. The molecule has 0 aliphatic heterocycles. The van der Waals surface area contributed by atoms with Gasteiger partial charge in [-0.3, -0.25) is 4.79 Å². The minimum Gasteiger partial charge on any atom is -0.481 e. The van der Waals surface area contributed by atoms with Gasteiger partial charge in [0, 0.05) is 20.0 Å². The lowest BCUT2D eigenvalue weighted by Gasteiger charge is -2.37. The fourth-order valence-electron chi connectivity index (χ4n) is 1.95. The molecule has 1 N–H and O–H groups in total. The molecule has 17 heavy (non-hydrogen) atoms. The van der Waals surface area contributed by atoms with Crippen molar-refractivity contribution in [3.8, 4) is 0 Å². The van der Waals surface area contributed by atoms with Crippen molar-refractivity contribution in [2.75, 3.05) is 7.11 Å². The van der Waals surface area contributed by atoms with Crippen LogP contribution in [0.4, 0.5) is 0 Å². The predicted octanol–water partition coefficient (Wildman–Crippen LogP) is 1.50. The Bertz CT molecular complexity index is 392. The zero-order chi connectivity index (χ0) is 12.3. The van der Waals surface area contributed by atoms with Crippen molar-refractivity contribution in [3.63, 3.8) is 0 Å². The summed E-state index contributed by atoms with van der Waals surface area (Å²) in [6.07, 6.45) is 4.06. The smallest absolute Gasteiger partial charge is 0.303 e. The summed E-state index contributed by atoms with van der Waals surface area (Å²) < 4.78 is 10.5. The van der Waals surface area contributed by atoms with Gasteiger partial charge in [0.15, 0.2) is 0 Å². The molecule has 0 bridgehead atoms. The van der Waals surface area contributed by atoms with Crippen molar-refractivity contribution in [1.29, 1.82) is 0 Å². The zero-order valence-corrected chi connectivity index (χ0v) is 9.81. The minimum atomic E-state index is -0.808. The molecular formula is C11H16N2O4. The number of nitrogens with zero attached hydrogens (tertiary/aromatic N) is 2. The molecule has 0 aromatic carbocycles. The maximum atomic E-state index is 10.4. The second-order valence-corrected chi connectivity index (χ2v) is 4.31. The first-order valence-electron chi connectivity index (χ1n) is 5.76. The van der Waals surface area contributed by atoms with Crippen LogP contribution in [0.25, 0.3) is 0 Å². The Kier molecular flexibility index (Phi) is 3.42. The number of methoxy groups -OCH3 is 1. The van der Waals surface area contributed by atoms with Gasteiger partial charge in [-0.2, -0.15) is 4.98 Å². The number of hydrogen-bond donors (Lipinski definition) is 1. The number of ether oxygens (including phenoxy) is 1. The first kappa shape index (κ1) is 12.0. The number of rotatable bonds is 6. The van der Waals surface area contributed by atoms with E-state index in [0.717, 1.165) is 19.3 Å². The quantitative estimate of drug-likeness (QED) is 0.811. The molecule has 0 saturated heterocycles. The van der Waals surface area contributed by atoms with Crippen molar-refractivity contribution in [3.05, 3.63) is 11.7 Å². The summed E-state index contributed by atoms with van der Waals surface area (Å²) in [6.45, 7) is 0. The Balaban J connectivity index is 1.94. The van der Waals surface area contributed by atoms with E-state index in [2.05, 4.69) is 10.1 Å². The van der Waals surface area contributed by atoms with Gasteiger partial charge >= 0.3 is 5.97 Å². The van der Waals surface area contributed by atoms with Gasteiger partial charge in [-0.1, -0.05) is 5.16 Å². The third-order valence-electron chi connectivity index (χ3n) is 3.21. The molecule has 1 fully saturated rings. The predicted molar refractivity (Wildman–Crippen MR) is 57.4 cm³/mol. The first-order valence-corrected chi connectivity index (χ1v) is 5.76. The monoisotopic (exact) mass is 240 g/mol. The fourth-order valence-corrected chi connectivity index (χ4v) is 1.95. The molecule has 6 nitrogen and oxygen atoms in total. The number of aliphatic carboxylic acids is 1. The summed E-state index contributed by atoms with van der Waals surface area (Å²) in [4.78, 5) is 14.6. The van der Waals surface area contributed by atoms with Crippen LogP contribution in [-0.2, 0) is 21.6 Å².